The van der Waals surface area contributed by atoms with Gasteiger partial charge in [-0.2, -0.15) is 10.5 Å². The number of hydrogen-bond acceptors (Lipinski definition) is 6. The molecule has 0 radical (unpaired) electrons. The minimum absolute atomic E-state index is 0.272. The van der Waals surface area contributed by atoms with E-state index in [-0.39, 0.29) is 5.82 Å². The highest BCUT2D eigenvalue weighted by molar-refractivity contribution is 9.10. The third-order valence-corrected chi connectivity index (χ3v) is 4.05. The van der Waals surface area contributed by atoms with Crippen molar-refractivity contribution in [2.75, 3.05) is 11.9 Å². The highest BCUT2D eigenvalue weighted by atomic mass is 79.9. The maximum atomic E-state index is 9.16. The normalized spacial score (nSPS) is 14.4. The van der Waals surface area contributed by atoms with Crippen LogP contribution in [-0.2, 0) is 13.0 Å². The lowest BCUT2D eigenvalue weighted by Gasteiger charge is -2.21. The summed E-state index contributed by atoms with van der Waals surface area (Å²) in [6.45, 7) is 1.77. The Morgan fingerprint density at radius 3 is 3.10 bits per heavy atom. The molecule has 0 fully saturated rings. The second-order valence-electron chi connectivity index (χ2n) is 4.53. The molecule has 0 unspecified atom stereocenters. The van der Waals surface area contributed by atoms with E-state index in [0.29, 0.717) is 5.57 Å². The number of hydrogen-bond donors (Lipinski definition) is 3. The zero-order chi connectivity index (χ0) is 14.7. The Morgan fingerprint density at radius 1 is 1.43 bits per heavy atom. The molecule has 3 rings (SSSR count). The highest BCUT2D eigenvalue weighted by Gasteiger charge is 2.15. The van der Waals surface area contributed by atoms with Gasteiger partial charge in [-0.1, -0.05) is 15.9 Å². The Labute approximate surface area is 129 Å². The van der Waals surface area contributed by atoms with Gasteiger partial charge in [0.05, 0.1) is 0 Å². The molecule has 1 aliphatic heterocycles. The number of nitrogens with one attached hydrogen (secondary N) is 3. The van der Waals surface area contributed by atoms with Gasteiger partial charge in [-0.3, -0.25) is 0 Å². The molecule has 1 aliphatic rings. The molecule has 0 amide bonds. The van der Waals surface area contributed by atoms with Crippen LogP contribution in [0.4, 0.5) is 5.69 Å². The summed E-state index contributed by atoms with van der Waals surface area (Å²) in [4.78, 5) is 0. The molecule has 1 aromatic heterocycles. The lowest BCUT2D eigenvalue weighted by molar-refractivity contribution is 0.643. The van der Waals surface area contributed by atoms with Crippen LogP contribution in [0.25, 0.3) is 5.57 Å². The van der Waals surface area contributed by atoms with Crippen LogP contribution >= 0.6 is 15.9 Å². The Balaban J connectivity index is 1.91. The van der Waals surface area contributed by atoms with Gasteiger partial charge in [-0.15, -0.1) is 10.2 Å². The molecule has 0 saturated heterocycles. The average Bonchev–Trinajstić information content (AvgIpc) is 3.04. The van der Waals surface area contributed by atoms with E-state index in [1.54, 1.807) is 6.20 Å². The third kappa shape index (κ3) is 2.79. The van der Waals surface area contributed by atoms with Crippen molar-refractivity contribution < 1.29 is 0 Å². The number of allylic oxidation sites excluding steroid dienone is 1. The van der Waals surface area contributed by atoms with E-state index >= 15 is 0 Å². The first-order valence-corrected chi connectivity index (χ1v) is 7.20. The second-order valence-corrected chi connectivity index (χ2v) is 5.38. The Bertz CT molecular complexity index is 715. The minimum Gasteiger partial charge on any atom is -0.360 e. The van der Waals surface area contributed by atoms with Crippen molar-refractivity contribution in [1.82, 2.24) is 25.9 Å². The zero-order valence-corrected chi connectivity index (χ0v) is 12.6. The lowest BCUT2D eigenvalue weighted by Crippen LogP contribution is -2.24. The van der Waals surface area contributed by atoms with Crippen LogP contribution in [0.3, 0.4) is 0 Å². The number of halogens is 1. The molecular weight excluding hydrogens is 334 g/mol. The molecule has 21 heavy (non-hydrogen) atoms. The smallest absolute Gasteiger partial charge is 0.216 e. The number of nitriles is 1. The highest BCUT2D eigenvalue weighted by Crippen LogP contribution is 2.30. The summed E-state index contributed by atoms with van der Waals surface area (Å²) in [7, 11) is 0. The molecule has 3 N–H and O–H groups in total. The number of tetrazole rings is 1. The summed E-state index contributed by atoms with van der Waals surface area (Å²) in [5, 5.41) is 29.1. The first-order chi connectivity index (χ1) is 10.3. The molecular formula is C13H12BrN7. The van der Waals surface area contributed by atoms with Gasteiger partial charge in [-0.05, 0) is 41.4 Å². The van der Waals surface area contributed by atoms with E-state index in [4.69, 9.17) is 5.26 Å². The van der Waals surface area contributed by atoms with E-state index < -0.39 is 0 Å². The van der Waals surface area contributed by atoms with Crippen molar-refractivity contribution in [3.8, 4) is 6.07 Å². The fourth-order valence-electron chi connectivity index (χ4n) is 2.27. The number of nitrogens with zero attached hydrogens (tertiary/aromatic N) is 4. The van der Waals surface area contributed by atoms with Crippen LogP contribution in [0.15, 0.2) is 22.8 Å². The largest absolute Gasteiger partial charge is 0.360 e. The van der Waals surface area contributed by atoms with Crippen molar-refractivity contribution in [2.45, 2.75) is 13.0 Å². The summed E-state index contributed by atoms with van der Waals surface area (Å²) in [5.41, 5.74) is 3.79. The van der Waals surface area contributed by atoms with E-state index in [0.717, 1.165) is 29.7 Å². The Morgan fingerprint density at radius 2 is 2.33 bits per heavy atom. The number of aromatic amines is 1. The van der Waals surface area contributed by atoms with Crippen LogP contribution in [0, 0.1) is 11.3 Å². The molecule has 106 valence electrons. The molecule has 0 atom stereocenters. The Hall–Kier alpha value is -2.24. The molecule has 0 spiro atoms. The topological polar surface area (TPSA) is 102 Å². The van der Waals surface area contributed by atoms with Crippen LogP contribution in [0.2, 0.25) is 0 Å². The van der Waals surface area contributed by atoms with Gasteiger partial charge in [0.1, 0.15) is 11.6 Å². The predicted molar refractivity (Wildman–Crippen MR) is 80.9 cm³/mol. The van der Waals surface area contributed by atoms with Crippen molar-refractivity contribution >= 4 is 27.2 Å². The summed E-state index contributed by atoms with van der Waals surface area (Å²) >= 11 is 3.59. The fourth-order valence-corrected chi connectivity index (χ4v) is 2.84. The number of fused-ring (bicyclic) bond motifs is 1. The van der Waals surface area contributed by atoms with Gasteiger partial charge >= 0.3 is 0 Å². The molecule has 2 heterocycles. The lowest BCUT2D eigenvalue weighted by atomic mass is 9.99. The van der Waals surface area contributed by atoms with Crippen molar-refractivity contribution in [2.24, 2.45) is 0 Å². The summed E-state index contributed by atoms with van der Waals surface area (Å²) in [6.07, 6.45) is 2.58. The van der Waals surface area contributed by atoms with E-state index in [9.17, 15) is 0 Å². The zero-order valence-electron chi connectivity index (χ0n) is 11.0. The molecule has 8 heteroatoms. The van der Waals surface area contributed by atoms with Gasteiger partial charge in [-0.25, -0.2) is 0 Å². The number of rotatable bonds is 3. The third-order valence-electron chi connectivity index (χ3n) is 3.31. The van der Waals surface area contributed by atoms with Gasteiger partial charge in [0.25, 0.3) is 0 Å². The summed E-state index contributed by atoms with van der Waals surface area (Å²) in [6, 6.07) is 6.05. The quantitative estimate of drug-likeness (QED) is 0.730. The minimum atomic E-state index is 0.272. The molecule has 0 bridgehead atoms. The summed E-state index contributed by atoms with van der Waals surface area (Å²) < 4.78 is 1.12. The van der Waals surface area contributed by atoms with Crippen LogP contribution in [-0.4, -0.2) is 27.2 Å². The van der Waals surface area contributed by atoms with Crippen LogP contribution in [0.5, 0.6) is 0 Å². The summed E-state index contributed by atoms with van der Waals surface area (Å²) in [5.74, 6) is 0.272. The van der Waals surface area contributed by atoms with E-state index in [2.05, 4.69) is 53.3 Å². The van der Waals surface area contributed by atoms with Crippen molar-refractivity contribution in [1.29, 1.82) is 5.26 Å². The molecule has 1 aromatic carbocycles. The monoisotopic (exact) mass is 345 g/mol. The maximum Gasteiger partial charge on any atom is 0.216 e. The first-order valence-electron chi connectivity index (χ1n) is 6.41. The van der Waals surface area contributed by atoms with Gasteiger partial charge in [0.15, 0.2) is 0 Å². The van der Waals surface area contributed by atoms with Gasteiger partial charge < -0.3 is 10.6 Å². The fraction of sp³-hybridized carbons (Fsp3) is 0.231. The molecule has 0 aliphatic carbocycles. The maximum absolute atomic E-state index is 9.16. The van der Waals surface area contributed by atoms with Crippen molar-refractivity contribution in [3.63, 3.8) is 0 Å². The van der Waals surface area contributed by atoms with Crippen LogP contribution < -0.4 is 10.6 Å². The molecule has 7 nitrogen and oxygen atoms in total. The van der Waals surface area contributed by atoms with Gasteiger partial charge in [0, 0.05) is 22.9 Å². The van der Waals surface area contributed by atoms with Crippen LogP contribution in [0.1, 0.15) is 17.0 Å². The number of benzene rings is 1. The average molecular weight is 346 g/mol. The van der Waals surface area contributed by atoms with Gasteiger partial charge in [0.2, 0.25) is 5.82 Å². The first kappa shape index (κ1) is 13.7. The van der Waals surface area contributed by atoms with E-state index in [1.807, 2.05) is 12.1 Å². The number of anilines is 1. The predicted octanol–water partition coefficient (Wildman–Crippen LogP) is 1.58. The standard InChI is InChI=1S/C13H12BrN7/c14-11-1-2-12(10-7-16-4-3-9(10)11)17-6-8(5-15)13-18-20-21-19-13/h1-2,6,16-17H,3-4,7H2,(H,18,19,20,21). The molecule has 2 aromatic rings. The Kier molecular flexibility index (Phi) is 3.94. The number of H-pyrrole nitrogens is 1. The molecule has 0 saturated carbocycles. The second kappa shape index (κ2) is 6.03. The van der Waals surface area contributed by atoms with E-state index in [1.165, 1.54) is 11.1 Å². The number of aromatic nitrogens is 4. The SMILES string of the molecule is N#CC(=CNc1ccc(Br)c2c1CNCC2)c1nn[nH]n1. The van der Waals surface area contributed by atoms with Crippen molar-refractivity contribution in [3.05, 3.63) is 39.8 Å².